The van der Waals surface area contributed by atoms with Crippen molar-refractivity contribution in [3.05, 3.63) is 12.2 Å². The average molecular weight is 240 g/mol. The molecule has 1 aliphatic heterocycles. The number of hydrogen-bond donors (Lipinski definition) is 1. The molecule has 0 saturated heterocycles. The predicted octanol–water partition coefficient (Wildman–Crippen LogP) is -0.420. The number of carbonyl (C=O) groups is 3. The molecule has 2 amide bonds. The van der Waals surface area contributed by atoms with Crippen LogP contribution in [-0.4, -0.2) is 40.9 Å². The van der Waals surface area contributed by atoms with Crippen molar-refractivity contribution in [3.63, 3.8) is 0 Å². The molecular weight excluding hydrogens is 224 g/mol. The first kappa shape index (κ1) is 13.4. The maximum absolute atomic E-state index is 11.5. The number of ether oxygens (including phenoxy) is 1. The van der Waals surface area contributed by atoms with Gasteiger partial charge in [0.1, 0.15) is 11.6 Å². The molecule has 6 nitrogen and oxygen atoms in total. The molecule has 0 aromatic carbocycles. The van der Waals surface area contributed by atoms with E-state index in [1.807, 2.05) is 0 Å². The Morgan fingerprint density at radius 1 is 1.35 bits per heavy atom. The van der Waals surface area contributed by atoms with E-state index in [1.165, 1.54) is 0 Å². The van der Waals surface area contributed by atoms with Crippen LogP contribution in [0.5, 0.6) is 0 Å². The van der Waals surface area contributed by atoms with E-state index in [2.05, 4.69) is 0 Å². The van der Waals surface area contributed by atoms with Gasteiger partial charge in [0.05, 0.1) is 6.54 Å². The van der Waals surface area contributed by atoms with Crippen molar-refractivity contribution in [1.82, 2.24) is 4.90 Å². The molecule has 0 saturated carbocycles. The highest BCUT2D eigenvalue weighted by Crippen LogP contribution is 2.10. The van der Waals surface area contributed by atoms with Crippen LogP contribution in [0.3, 0.4) is 0 Å². The van der Waals surface area contributed by atoms with Crippen molar-refractivity contribution < 1.29 is 19.1 Å². The Labute approximate surface area is 99.4 Å². The summed E-state index contributed by atoms with van der Waals surface area (Å²) in [4.78, 5) is 34.9. The molecule has 2 N–H and O–H groups in total. The summed E-state index contributed by atoms with van der Waals surface area (Å²) < 4.78 is 5.05. The standard InChI is InChI=1S/C11H16N2O4/c1-11(2,3)17-10(16)7(12)6-13-8(14)4-5-9(13)15/h4-5,7H,6,12H2,1-3H3. The van der Waals surface area contributed by atoms with Crippen LogP contribution in [0.15, 0.2) is 12.2 Å². The average Bonchev–Trinajstić information content (AvgIpc) is 2.46. The number of nitrogens with two attached hydrogens (primary N) is 1. The third-order valence-electron chi connectivity index (χ3n) is 1.99. The lowest BCUT2D eigenvalue weighted by molar-refractivity contribution is -0.157. The molecule has 0 bridgehead atoms. The molecule has 0 aromatic heterocycles. The summed E-state index contributed by atoms with van der Waals surface area (Å²) in [6, 6.07) is -1.03. The van der Waals surface area contributed by atoms with Crippen LogP contribution >= 0.6 is 0 Å². The maximum atomic E-state index is 11.5. The fraction of sp³-hybridized carbons (Fsp3) is 0.545. The number of imide groups is 1. The molecule has 6 heteroatoms. The lowest BCUT2D eigenvalue weighted by Gasteiger charge is -2.24. The summed E-state index contributed by atoms with van der Waals surface area (Å²) in [5.41, 5.74) is 4.93. The third-order valence-corrected chi connectivity index (χ3v) is 1.99. The van der Waals surface area contributed by atoms with Gasteiger partial charge in [-0.15, -0.1) is 0 Å². The highest BCUT2D eigenvalue weighted by Gasteiger charge is 2.30. The molecule has 1 unspecified atom stereocenters. The van der Waals surface area contributed by atoms with E-state index in [9.17, 15) is 14.4 Å². The van der Waals surface area contributed by atoms with Crippen molar-refractivity contribution >= 4 is 17.8 Å². The topological polar surface area (TPSA) is 89.7 Å². The van der Waals surface area contributed by atoms with Crippen LogP contribution in [-0.2, 0) is 19.1 Å². The lowest BCUT2D eigenvalue weighted by Crippen LogP contribution is -2.47. The number of rotatable bonds is 3. The first-order chi connectivity index (χ1) is 7.70. The molecule has 1 atom stereocenters. The first-order valence-corrected chi connectivity index (χ1v) is 5.23. The molecule has 0 radical (unpaired) electrons. The molecule has 0 spiro atoms. The van der Waals surface area contributed by atoms with Crippen LogP contribution in [0.1, 0.15) is 20.8 Å². The van der Waals surface area contributed by atoms with Crippen molar-refractivity contribution in [3.8, 4) is 0 Å². The van der Waals surface area contributed by atoms with Gasteiger partial charge >= 0.3 is 5.97 Å². The highest BCUT2D eigenvalue weighted by molar-refractivity contribution is 6.13. The molecule has 0 aliphatic carbocycles. The van der Waals surface area contributed by atoms with E-state index in [0.717, 1.165) is 17.1 Å². The highest BCUT2D eigenvalue weighted by atomic mass is 16.6. The fourth-order valence-corrected chi connectivity index (χ4v) is 1.26. The smallest absolute Gasteiger partial charge is 0.325 e. The Morgan fingerprint density at radius 3 is 2.24 bits per heavy atom. The van der Waals surface area contributed by atoms with Gasteiger partial charge in [-0.05, 0) is 20.8 Å². The number of nitrogens with zero attached hydrogens (tertiary/aromatic N) is 1. The Kier molecular flexibility index (Phi) is 3.67. The van der Waals surface area contributed by atoms with Crippen LogP contribution in [0.2, 0.25) is 0 Å². The summed E-state index contributed by atoms with van der Waals surface area (Å²) in [5, 5.41) is 0. The first-order valence-electron chi connectivity index (χ1n) is 5.23. The second kappa shape index (κ2) is 4.67. The van der Waals surface area contributed by atoms with Gasteiger partial charge in [0.15, 0.2) is 0 Å². The zero-order chi connectivity index (χ0) is 13.2. The summed E-state index contributed by atoms with van der Waals surface area (Å²) in [6.45, 7) is 4.97. The van der Waals surface area contributed by atoms with Crippen LogP contribution < -0.4 is 5.73 Å². The molecule has 0 fully saturated rings. The Morgan fingerprint density at radius 2 is 1.82 bits per heavy atom. The monoisotopic (exact) mass is 240 g/mol. The van der Waals surface area contributed by atoms with Crippen molar-refractivity contribution in [1.29, 1.82) is 0 Å². The molecular formula is C11H16N2O4. The quantitative estimate of drug-likeness (QED) is 0.534. The molecule has 17 heavy (non-hydrogen) atoms. The number of esters is 1. The van der Waals surface area contributed by atoms with E-state index >= 15 is 0 Å². The van der Waals surface area contributed by atoms with Gasteiger partial charge in [-0.2, -0.15) is 0 Å². The summed E-state index contributed by atoms with van der Waals surface area (Å²) in [6.07, 6.45) is 2.29. The molecule has 1 aliphatic rings. The predicted molar refractivity (Wildman–Crippen MR) is 59.7 cm³/mol. The minimum Gasteiger partial charge on any atom is -0.459 e. The van der Waals surface area contributed by atoms with Gasteiger partial charge in [-0.25, -0.2) is 0 Å². The summed E-state index contributed by atoms with van der Waals surface area (Å²) >= 11 is 0. The van der Waals surface area contributed by atoms with Crippen LogP contribution in [0, 0.1) is 0 Å². The normalized spacial score (nSPS) is 17.5. The Hall–Kier alpha value is -1.69. The zero-order valence-corrected chi connectivity index (χ0v) is 10.1. The van der Waals surface area contributed by atoms with Crippen molar-refractivity contribution in [2.24, 2.45) is 5.73 Å². The number of carbonyl (C=O) groups excluding carboxylic acids is 3. The Balaban J connectivity index is 2.55. The van der Waals surface area contributed by atoms with Gasteiger partial charge < -0.3 is 10.5 Å². The third kappa shape index (κ3) is 3.67. The number of hydrogen-bond acceptors (Lipinski definition) is 5. The van der Waals surface area contributed by atoms with E-state index in [0.29, 0.717) is 0 Å². The van der Waals surface area contributed by atoms with E-state index in [1.54, 1.807) is 20.8 Å². The lowest BCUT2D eigenvalue weighted by atomic mass is 10.2. The zero-order valence-electron chi connectivity index (χ0n) is 10.1. The molecule has 1 rings (SSSR count). The van der Waals surface area contributed by atoms with E-state index < -0.39 is 29.4 Å². The number of amides is 2. The van der Waals surface area contributed by atoms with E-state index in [4.69, 9.17) is 10.5 Å². The maximum Gasteiger partial charge on any atom is 0.325 e. The largest absolute Gasteiger partial charge is 0.459 e. The summed E-state index contributed by atoms with van der Waals surface area (Å²) in [5.74, 6) is -1.56. The van der Waals surface area contributed by atoms with Gasteiger partial charge in [-0.1, -0.05) is 0 Å². The van der Waals surface area contributed by atoms with Gasteiger partial charge in [0.2, 0.25) is 0 Å². The second-order valence-electron chi connectivity index (χ2n) is 4.76. The van der Waals surface area contributed by atoms with Gasteiger partial charge in [0, 0.05) is 12.2 Å². The minimum atomic E-state index is -1.03. The molecule has 0 aromatic rings. The van der Waals surface area contributed by atoms with Gasteiger partial charge in [-0.3, -0.25) is 19.3 Å². The van der Waals surface area contributed by atoms with Gasteiger partial charge in [0.25, 0.3) is 11.8 Å². The molecule has 94 valence electrons. The Bertz CT molecular complexity index is 363. The second-order valence-corrected chi connectivity index (χ2v) is 4.76. The van der Waals surface area contributed by atoms with Crippen molar-refractivity contribution in [2.45, 2.75) is 32.4 Å². The SMILES string of the molecule is CC(C)(C)OC(=O)C(N)CN1C(=O)C=CC1=O. The van der Waals surface area contributed by atoms with E-state index in [-0.39, 0.29) is 6.54 Å². The van der Waals surface area contributed by atoms with Crippen molar-refractivity contribution in [2.75, 3.05) is 6.54 Å². The molecule has 1 heterocycles. The van der Waals surface area contributed by atoms with Crippen LogP contribution in [0.25, 0.3) is 0 Å². The van der Waals surface area contributed by atoms with Crippen LogP contribution in [0.4, 0.5) is 0 Å². The summed E-state index contributed by atoms with van der Waals surface area (Å²) in [7, 11) is 0. The minimum absolute atomic E-state index is 0.167. The fourth-order valence-electron chi connectivity index (χ4n) is 1.26.